The molecule has 3 heteroatoms. The minimum Gasteiger partial charge on any atom is -0.294 e. The lowest BCUT2D eigenvalue weighted by molar-refractivity contribution is 0.0990. The lowest BCUT2D eigenvalue weighted by Gasteiger charge is -2.06. The van der Waals surface area contributed by atoms with Crippen LogP contribution in [0.4, 0.5) is 0 Å². The molecule has 0 saturated heterocycles. The smallest absolute Gasteiger partial charge is 0.165 e. The van der Waals surface area contributed by atoms with Crippen LogP contribution in [0.15, 0.2) is 18.2 Å². The van der Waals surface area contributed by atoms with Crippen LogP contribution in [0.3, 0.4) is 0 Å². The predicted octanol–water partition coefficient (Wildman–Crippen LogP) is 3.87. The molecular formula is C11H12BrClO. The molecule has 0 heterocycles. The molecule has 0 N–H and O–H groups in total. The highest BCUT2D eigenvalue weighted by Crippen LogP contribution is 2.22. The average molecular weight is 276 g/mol. The maximum absolute atomic E-state index is 11.6. The molecule has 0 aliphatic rings. The molecule has 0 atom stereocenters. The highest BCUT2D eigenvalue weighted by molar-refractivity contribution is 9.09. The molecule has 0 saturated carbocycles. The molecule has 1 rings (SSSR count). The number of aryl methyl sites for hydroxylation is 1. The number of carbonyl (C=O) groups is 1. The topological polar surface area (TPSA) is 17.1 Å². The first kappa shape index (κ1) is 11.7. The van der Waals surface area contributed by atoms with Crippen LogP contribution < -0.4 is 0 Å². The fourth-order valence-corrected chi connectivity index (χ4v) is 2.01. The monoisotopic (exact) mass is 274 g/mol. The van der Waals surface area contributed by atoms with Crippen molar-refractivity contribution in [2.75, 3.05) is 5.33 Å². The molecule has 14 heavy (non-hydrogen) atoms. The Balaban J connectivity index is 3.03. The van der Waals surface area contributed by atoms with E-state index in [-0.39, 0.29) is 5.78 Å². The quantitative estimate of drug-likeness (QED) is 0.602. The van der Waals surface area contributed by atoms with E-state index < -0.39 is 0 Å². The number of ketones is 1. The van der Waals surface area contributed by atoms with E-state index in [4.69, 9.17) is 11.6 Å². The van der Waals surface area contributed by atoms with E-state index in [1.54, 1.807) is 6.07 Å². The zero-order chi connectivity index (χ0) is 10.6. The summed E-state index contributed by atoms with van der Waals surface area (Å²) in [4.78, 5) is 11.6. The molecule has 76 valence electrons. The molecule has 0 radical (unpaired) electrons. The molecule has 0 aliphatic carbocycles. The van der Waals surface area contributed by atoms with E-state index in [2.05, 4.69) is 15.9 Å². The zero-order valence-electron chi connectivity index (χ0n) is 8.02. The summed E-state index contributed by atoms with van der Waals surface area (Å²) in [5.74, 6) is 0.0992. The summed E-state index contributed by atoms with van der Waals surface area (Å²) in [5.41, 5.74) is 1.68. The molecule has 1 aromatic carbocycles. The first-order chi connectivity index (χ1) is 6.70. The summed E-state index contributed by atoms with van der Waals surface area (Å²) in [6.07, 6.45) is 1.35. The van der Waals surface area contributed by atoms with Gasteiger partial charge >= 0.3 is 0 Å². The van der Waals surface area contributed by atoms with Crippen molar-refractivity contribution in [1.29, 1.82) is 0 Å². The van der Waals surface area contributed by atoms with Crippen molar-refractivity contribution in [2.45, 2.75) is 19.8 Å². The van der Waals surface area contributed by atoms with Crippen molar-refractivity contribution in [3.63, 3.8) is 0 Å². The molecule has 1 nitrogen and oxygen atoms in total. The third kappa shape index (κ3) is 2.58. The molecule has 0 spiro atoms. The van der Waals surface area contributed by atoms with Gasteiger partial charge in [0.15, 0.2) is 5.78 Å². The van der Waals surface area contributed by atoms with Crippen molar-refractivity contribution >= 4 is 33.3 Å². The Hall–Kier alpha value is -0.340. The highest BCUT2D eigenvalue weighted by Gasteiger charge is 2.11. The number of rotatable bonds is 4. The molecule has 0 unspecified atom stereocenters. The van der Waals surface area contributed by atoms with E-state index in [1.807, 2.05) is 19.1 Å². The van der Waals surface area contributed by atoms with E-state index in [0.29, 0.717) is 22.3 Å². The lowest BCUT2D eigenvalue weighted by Crippen LogP contribution is -2.01. The number of carbonyl (C=O) groups excluding carboxylic acids is 1. The van der Waals surface area contributed by atoms with Crippen LogP contribution in [0.2, 0.25) is 5.02 Å². The molecule has 0 fully saturated rings. The molecule has 1 aromatic rings. The van der Waals surface area contributed by atoms with E-state index in [1.165, 1.54) is 0 Å². The summed E-state index contributed by atoms with van der Waals surface area (Å²) in [5, 5.41) is 1.29. The Morgan fingerprint density at radius 3 is 2.79 bits per heavy atom. The average Bonchev–Trinajstić information content (AvgIpc) is 2.18. The second kappa shape index (κ2) is 5.52. The van der Waals surface area contributed by atoms with Gasteiger partial charge < -0.3 is 0 Å². The maximum atomic E-state index is 11.6. The van der Waals surface area contributed by atoms with Gasteiger partial charge in [-0.15, -0.1) is 0 Å². The van der Waals surface area contributed by atoms with Gasteiger partial charge in [-0.05, 0) is 18.1 Å². The molecule has 0 amide bonds. The van der Waals surface area contributed by atoms with Crippen LogP contribution in [0, 0.1) is 0 Å². The Labute approximate surface area is 97.6 Å². The van der Waals surface area contributed by atoms with E-state index >= 15 is 0 Å². The Bertz CT molecular complexity index is 336. The van der Waals surface area contributed by atoms with Gasteiger partial charge in [0.25, 0.3) is 0 Å². The molecule has 0 aromatic heterocycles. The van der Waals surface area contributed by atoms with Crippen LogP contribution in [-0.2, 0) is 6.42 Å². The van der Waals surface area contributed by atoms with Crippen molar-refractivity contribution < 1.29 is 4.79 Å². The number of hydrogen-bond acceptors (Lipinski definition) is 1. The van der Waals surface area contributed by atoms with Crippen molar-refractivity contribution in [1.82, 2.24) is 0 Å². The first-order valence-electron chi connectivity index (χ1n) is 4.57. The molecule has 0 aliphatic heterocycles. The fraction of sp³-hybridized carbons (Fsp3) is 0.364. The van der Waals surface area contributed by atoms with Gasteiger partial charge in [0.05, 0.1) is 5.02 Å². The van der Waals surface area contributed by atoms with Crippen LogP contribution in [0.1, 0.15) is 29.3 Å². The SMILES string of the molecule is CCc1cccc(C(=O)CCBr)c1Cl. The predicted molar refractivity (Wildman–Crippen MR) is 63.6 cm³/mol. The number of Topliss-reactive ketones (excluding diaryl/α,β-unsaturated/α-hetero) is 1. The van der Waals surface area contributed by atoms with E-state index in [0.717, 1.165) is 12.0 Å². The summed E-state index contributed by atoms with van der Waals surface area (Å²) in [6, 6.07) is 5.62. The number of benzene rings is 1. The van der Waals surface area contributed by atoms with Crippen molar-refractivity contribution in [3.05, 3.63) is 34.3 Å². The van der Waals surface area contributed by atoms with Crippen LogP contribution >= 0.6 is 27.5 Å². The van der Waals surface area contributed by atoms with E-state index in [9.17, 15) is 4.79 Å². The van der Waals surface area contributed by atoms with Gasteiger partial charge in [-0.1, -0.05) is 46.6 Å². The Kier molecular flexibility index (Phi) is 4.63. The molecular weight excluding hydrogens is 263 g/mol. The third-order valence-electron chi connectivity index (χ3n) is 2.08. The minimum atomic E-state index is 0.0992. The first-order valence-corrected chi connectivity index (χ1v) is 6.07. The summed E-state index contributed by atoms with van der Waals surface area (Å²) >= 11 is 9.35. The highest BCUT2D eigenvalue weighted by atomic mass is 79.9. The van der Waals surface area contributed by atoms with Gasteiger partial charge in [-0.2, -0.15) is 0 Å². The van der Waals surface area contributed by atoms with Crippen LogP contribution in [-0.4, -0.2) is 11.1 Å². The number of hydrogen-bond donors (Lipinski definition) is 0. The fourth-order valence-electron chi connectivity index (χ4n) is 1.29. The van der Waals surface area contributed by atoms with Crippen LogP contribution in [0.25, 0.3) is 0 Å². The van der Waals surface area contributed by atoms with Gasteiger partial charge in [0.2, 0.25) is 0 Å². The van der Waals surface area contributed by atoms with Gasteiger partial charge in [0.1, 0.15) is 0 Å². The zero-order valence-corrected chi connectivity index (χ0v) is 10.4. The normalized spacial score (nSPS) is 10.2. The second-order valence-corrected chi connectivity index (χ2v) is 4.17. The van der Waals surface area contributed by atoms with Crippen LogP contribution in [0.5, 0.6) is 0 Å². The minimum absolute atomic E-state index is 0.0992. The van der Waals surface area contributed by atoms with Gasteiger partial charge in [-0.3, -0.25) is 4.79 Å². The largest absolute Gasteiger partial charge is 0.294 e. The van der Waals surface area contributed by atoms with Crippen molar-refractivity contribution in [3.8, 4) is 0 Å². The molecule has 0 bridgehead atoms. The lowest BCUT2D eigenvalue weighted by atomic mass is 10.0. The summed E-state index contributed by atoms with van der Waals surface area (Å²) < 4.78 is 0. The Morgan fingerprint density at radius 1 is 1.50 bits per heavy atom. The van der Waals surface area contributed by atoms with Gasteiger partial charge in [0, 0.05) is 17.3 Å². The van der Waals surface area contributed by atoms with Gasteiger partial charge in [-0.25, -0.2) is 0 Å². The number of halogens is 2. The Morgan fingerprint density at radius 2 is 2.21 bits per heavy atom. The summed E-state index contributed by atoms with van der Waals surface area (Å²) in [7, 11) is 0. The summed E-state index contributed by atoms with van der Waals surface area (Å²) in [6.45, 7) is 2.03. The standard InChI is InChI=1S/C11H12BrClO/c1-2-8-4-3-5-9(11(8)13)10(14)6-7-12/h3-5H,2,6-7H2,1H3. The van der Waals surface area contributed by atoms with Crippen molar-refractivity contribution in [2.24, 2.45) is 0 Å². The second-order valence-electron chi connectivity index (χ2n) is 2.99. The third-order valence-corrected chi connectivity index (χ3v) is 2.92. The number of alkyl halides is 1. The maximum Gasteiger partial charge on any atom is 0.165 e.